The molecule has 5 heteroatoms. The molecule has 0 bridgehead atoms. The molecule has 1 unspecified atom stereocenters. The van der Waals surface area contributed by atoms with Crippen molar-refractivity contribution in [3.8, 4) is 5.75 Å². The first-order valence-corrected chi connectivity index (χ1v) is 10.9. The van der Waals surface area contributed by atoms with Crippen LogP contribution in [0.25, 0.3) is 0 Å². The van der Waals surface area contributed by atoms with E-state index in [4.69, 9.17) is 9.72 Å². The van der Waals surface area contributed by atoms with Crippen molar-refractivity contribution in [3.05, 3.63) is 59.4 Å². The number of benzene rings is 1. The Hall–Kier alpha value is -1.95. The molecule has 1 saturated heterocycles. The van der Waals surface area contributed by atoms with Crippen molar-refractivity contribution >= 4 is 0 Å². The molecular weight excluding hydrogens is 360 g/mol. The van der Waals surface area contributed by atoms with Crippen molar-refractivity contribution in [3.63, 3.8) is 0 Å². The summed E-state index contributed by atoms with van der Waals surface area (Å²) in [5.41, 5.74) is 4.43. The second kappa shape index (κ2) is 7.71. The van der Waals surface area contributed by atoms with Gasteiger partial charge in [0.05, 0.1) is 17.8 Å². The van der Waals surface area contributed by atoms with Gasteiger partial charge < -0.3 is 15.0 Å². The van der Waals surface area contributed by atoms with Gasteiger partial charge in [0, 0.05) is 56.3 Å². The number of hydrogen-bond acceptors (Lipinski definition) is 5. The minimum Gasteiger partial charge on any atom is -0.490 e. The first-order chi connectivity index (χ1) is 14.1. The number of nitrogens with one attached hydrogen (secondary N) is 1. The summed E-state index contributed by atoms with van der Waals surface area (Å²) in [6.45, 7) is 5.30. The van der Waals surface area contributed by atoms with Crippen molar-refractivity contribution in [2.75, 3.05) is 40.3 Å². The van der Waals surface area contributed by atoms with E-state index >= 15 is 0 Å². The molecule has 1 aromatic carbocycles. The van der Waals surface area contributed by atoms with Gasteiger partial charge in [-0.15, -0.1) is 0 Å². The number of aromatic nitrogens is 1. The van der Waals surface area contributed by atoms with Gasteiger partial charge in [0.25, 0.3) is 0 Å². The summed E-state index contributed by atoms with van der Waals surface area (Å²) in [5, 5.41) is 3.42. The molecule has 0 amide bonds. The van der Waals surface area contributed by atoms with Crippen molar-refractivity contribution in [1.29, 1.82) is 0 Å². The lowest BCUT2D eigenvalue weighted by Crippen LogP contribution is -2.62. The molecule has 154 valence electrons. The largest absolute Gasteiger partial charge is 0.490 e. The molecule has 0 radical (unpaired) electrons. The van der Waals surface area contributed by atoms with Crippen LogP contribution in [0.3, 0.4) is 0 Å². The van der Waals surface area contributed by atoms with E-state index in [2.05, 4.69) is 65.6 Å². The van der Waals surface area contributed by atoms with E-state index in [0.717, 1.165) is 44.9 Å². The Bertz CT molecular complexity index is 841. The second-order valence-corrected chi connectivity index (χ2v) is 9.41. The Morgan fingerprint density at radius 3 is 2.66 bits per heavy atom. The van der Waals surface area contributed by atoms with Crippen molar-refractivity contribution in [2.24, 2.45) is 5.41 Å². The van der Waals surface area contributed by atoms with Gasteiger partial charge in [-0.25, -0.2) is 0 Å². The molecule has 5 nitrogen and oxygen atoms in total. The standard InChI is InChI=1S/C24H32N4O/c1-27(2)15-21-23-20(9-11-28(21)14-18-6-4-3-5-7-18)26-10-8-22(23)29-19-12-24(13-19)16-25-17-24/h3-8,10,19,21,25H,9,11-17H2,1-2H3. The maximum Gasteiger partial charge on any atom is 0.127 e. The zero-order valence-electron chi connectivity index (χ0n) is 17.6. The van der Waals surface area contributed by atoms with Crippen molar-refractivity contribution in [1.82, 2.24) is 20.1 Å². The molecule has 3 heterocycles. The Kier molecular flexibility index (Phi) is 5.06. The van der Waals surface area contributed by atoms with Crippen LogP contribution in [-0.2, 0) is 13.0 Å². The van der Waals surface area contributed by atoms with Gasteiger partial charge in [-0.3, -0.25) is 9.88 Å². The van der Waals surface area contributed by atoms with Gasteiger partial charge in [-0.1, -0.05) is 30.3 Å². The van der Waals surface area contributed by atoms with Crippen LogP contribution in [0.5, 0.6) is 5.75 Å². The summed E-state index contributed by atoms with van der Waals surface area (Å²) >= 11 is 0. The van der Waals surface area contributed by atoms with E-state index in [1.807, 2.05) is 6.20 Å². The Morgan fingerprint density at radius 1 is 1.17 bits per heavy atom. The molecule has 1 aromatic heterocycles. The van der Waals surface area contributed by atoms with Crippen LogP contribution in [0.2, 0.25) is 0 Å². The summed E-state index contributed by atoms with van der Waals surface area (Å²) < 4.78 is 6.58. The van der Waals surface area contributed by atoms with E-state index in [1.165, 1.54) is 29.7 Å². The summed E-state index contributed by atoms with van der Waals surface area (Å²) in [7, 11) is 4.32. The molecule has 1 atom stereocenters. The van der Waals surface area contributed by atoms with Crippen LogP contribution in [0.15, 0.2) is 42.6 Å². The SMILES string of the molecule is CN(C)CC1c2c(OC3CC4(CNC4)C3)ccnc2CCN1Cc1ccccc1. The maximum atomic E-state index is 6.58. The Labute approximate surface area is 174 Å². The zero-order chi connectivity index (χ0) is 19.8. The van der Waals surface area contributed by atoms with Gasteiger partial charge in [0.1, 0.15) is 5.75 Å². The first kappa shape index (κ1) is 19.0. The van der Waals surface area contributed by atoms with Crippen LogP contribution in [-0.4, -0.2) is 61.2 Å². The molecule has 2 aliphatic heterocycles. The Balaban J connectivity index is 1.40. The predicted octanol–water partition coefficient (Wildman–Crippen LogP) is 2.87. The monoisotopic (exact) mass is 392 g/mol. The van der Waals surface area contributed by atoms with Crippen molar-refractivity contribution < 1.29 is 4.74 Å². The minimum absolute atomic E-state index is 0.303. The molecule has 1 N–H and O–H groups in total. The highest BCUT2D eigenvalue weighted by Crippen LogP contribution is 2.47. The van der Waals surface area contributed by atoms with E-state index in [1.54, 1.807) is 0 Å². The molecule has 1 aliphatic carbocycles. The van der Waals surface area contributed by atoms with E-state index in [0.29, 0.717) is 17.6 Å². The molecule has 29 heavy (non-hydrogen) atoms. The van der Waals surface area contributed by atoms with Crippen LogP contribution >= 0.6 is 0 Å². The summed E-state index contributed by atoms with van der Waals surface area (Å²) in [5.74, 6) is 1.06. The smallest absolute Gasteiger partial charge is 0.127 e. The van der Waals surface area contributed by atoms with Crippen LogP contribution in [0, 0.1) is 5.41 Å². The maximum absolute atomic E-state index is 6.58. The quantitative estimate of drug-likeness (QED) is 0.819. The van der Waals surface area contributed by atoms with Crippen molar-refractivity contribution in [2.45, 2.75) is 38.0 Å². The normalized spacial score (nSPS) is 23.5. The lowest BCUT2D eigenvalue weighted by atomic mass is 9.63. The van der Waals surface area contributed by atoms with Crippen LogP contribution in [0.4, 0.5) is 0 Å². The van der Waals surface area contributed by atoms with Gasteiger partial charge in [0.15, 0.2) is 0 Å². The van der Waals surface area contributed by atoms with Gasteiger partial charge in [-0.2, -0.15) is 0 Å². The summed E-state index contributed by atoms with van der Waals surface area (Å²) in [6, 6.07) is 13.2. The van der Waals surface area contributed by atoms with E-state index in [9.17, 15) is 0 Å². The number of ether oxygens (including phenoxy) is 1. The molecule has 2 fully saturated rings. The summed E-state index contributed by atoms with van der Waals surface area (Å²) in [4.78, 5) is 9.64. The predicted molar refractivity (Wildman–Crippen MR) is 115 cm³/mol. The lowest BCUT2D eigenvalue weighted by Gasteiger charge is -2.54. The minimum atomic E-state index is 0.303. The average molecular weight is 393 g/mol. The fourth-order valence-electron chi connectivity index (χ4n) is 5.24. The van der Waals surface area contributed by atoms with Gasteiger partial charge in [0.2, 0.25) is 0 Å². The third-order valence-electron chi connectivity index (χ3n) is 6.82. The fraction of sp³-hybridized carbons (Fsp3) is 0.542. The number of hydrogen-bond donors (Lipinski definition) is 1. The molecule has 1 spiro atoms. The number of rotatable bonds is 6. The molecule has 3 aliphatic rings. The Morgan fingerprint density at radius 2 is 1.97 bits per heavy atom. The number of fused-ring (bicyclic) bond motifs is 1. The average Bonchev–Trinajstić information content (AvgIpc) is 2.65. The van der Waals surface area contributed by atoms with E-state index in [-0.39, 0.29) is 0 Å². The topological polar surface area (TPSA) is 40.6 Å². The highest BCUT2D eigenvalue weighted by atomic mass is 16.5. The number of pyridine rings is 1. The highest BCUT2D eigenvalue weighted by Gasteiger charge is 2.50. The van der Waals surface area contributed by atoms with Crippen LogP contribution in [0.1, 0.15) is 35.7 Å². The highest BCUT2D eigenvalue weighted by molar-refractivity contribution is 5.41. The molecule has 2 aromatic rings. The van der Waals surface area contributed by atoms with E-state index < -0.39 is 0 Å². The summed E-state index contributed by atoms with van der Waals surface area (Å²) in [6.07, 6.45) is 5.65. The third kappa shape index (κ3) is 3.79. The molecule has 5 rings (SSSR count). The molecular formula is C24H32N4O. The number of likely N-dealkylation sites (N-methyl/N-ethyl adjacent to an activating group) is 1. The van der Waals surface area contributed by atoms with Gasteiger partial charge in [-0.05, 0) is 38.6 Å². The fourth-order valence-corrected chi connectivity index (χ4v) is 5.24. The van der Waals surface area contributed by atoms with Crippen LogP contribution < -0.4 is 10.1 Å². The zero-order valence-corrected chi connectivity index (χ0v) is 17.6. The molecule has 1 saturated carbocycles. The second-order valence-electron chi connectivity index (χ2n) is 9.41. The number of nitrogens with zero attached hydrogens (tertiary/aromatic N) is 3. The lowest BCUT2D eigenvalue weighted by molar-refractivity contribution is -0.0506. The first-order valence-electron chi connectivity index (χ1n) is 10.9. The third-order valence-corrected chi connectivity index (χ3v) is 6.82. The van der Waals surface area contributed by atoms with Gasteiger partial charge >= 0.3 is 0 Å².